The Labute approximate surface area is 173 Å². The summed E-state index contributed by atoms with van der Waals surface area (Å²) in [6, 6.07) is 8.24. The van der Waals surface area contributed by atoms with Crippen molar-refractivity contribution >= 4 is 47.4 Å². The third-order valence-electron chi connectivity index (χ3n) is 4.28. The monoisotopic (exact) mass is 478 g/mol. The Morgan fingerprint density at radius 3 is 2.56 bits per heavy atom. The fourth-order valence-electron chi connectivity index (χ4n) is 2.95. The molecule has 0 saturated carbocycles. The molecule has 1 heterocycles. The minimum Gasteiger partial charge on any atom is -0.495 e. The molecule has 2 rings (SSSR count). The predicted molar refractivity (Wildman–Crippen MR) is 121 cm³/mol. The number of unbranched alkanes of at least 4 members (excludes halogenated alkanes) is 1. The van der Waals surface area contributed by atoms with Gasteiger partial charge in [-0.25, -0.2) is 0 Å². The van der Waals surface area contributed by atoms with Crippen LogP contribution in [0.2, 0.25) is 0 Å². The molecule has 1 saturated heterocycles. The number of aliphatic imine (C=N–C) groups is 1. The minimum absolute atomic E-state index is 0. The van der Waals surface area contributed by atoms with E-state index in [1.807, 2.05) is 30.9 Å². The largest absolute Gasteiger partial charge is 0.495 e. The van der Waals surface area contributed by atoms with Gasteiger partial charge in [-0.2, -0.15) is 11.8 Å². The van der Waals surface area contributed by atoms with E-state index in [2.05, 4.69) is 38.5 Å². The molecule has 1 fully saturated rings. The predicted octanol–water partition coefficient (Wildman–Crippen LogP) is 3.15. The summed E-state index contributed by atoms with van der Waals surface area (Å²) in [6.45, 7) is 4.91. The van der Waals surface area contributed by atoms with Gasteiger partial charge in [0.15, 0.2) is 5.96 Å². The Kier molecular flexibility index (Phi) is 11.1. The van der Waals surface area contributed by atoms with Crippen LogP contribution < -0.4 is 15.0 Å². The molecule has 1 aromatic rings. The Balaban J connectivity index is 0.00000312. The molecule has 1 aliphatic heterocycles. The van der Waals surface area contributed by atoms with Gasteiger partial charge in [-0.05, 0) is 37.0 Å². The van der Waals surface area contributed by atoms with Crippen LogP contribution in [0.15, 0.2) is 29.3 Å². The number of thioether (sulfide) groups is 1. The van der Waals surface area contributed by atoms with Gasteiger partial charge in [0, 0.05) is 39.8 Å². The van der Waals surface area contributed by atoms with Gasteiger partial charge in [0.2, 0.25) is 0 Å². The summed E-state index contributed by atoms with van der Waals surface area (Å²) < 4.78 is 5.49. The number of halogens is 1. The second-order valence-electron chi connectivity index (χ2n) is 5.82. The first kappa shape index (κ1) is 22.2. The lowest BCUT2D eigenvalue weighted by Crippen LogP contribution is -2.52. The Hall–Kier alpha value is -0.830. The number of rotatable bonds is 7. The van der Waals surface area contributed by atoms with E-state index in [4.69, 9.17) is 4.74 Å². The first-order valence-electron chi connectivity index (χ1n) is 8.62. The van der Waals surface area contributed by atoms with Gasteiger partial charge in [0.1, 0.15) is 5.75 Å². The van der Waals surface area contributed by atoms with Crippen molar-refractivity contribution in [1.82, 2.24) is 10.2 Å². The van der Waals surface area contributed by atoms with Crippen LogP contribution in [0.1, 0.15) is 12.8 Å². The molecule has 7 heteroatoms. The molecule has 0 atom stereocenters. The summed E-state index contributed by atoms with van der Waals surface area (Å²) in [5.74, 6) is 3.21. The van der Waals surface area contributed by atoms with Crippen LogP contribution in [0.25, 0.3) is 0 Å². The van der Waals surface area contributed by atoms with E-state index in [0.717, 1.165) is 44.4 Å². The number of methoxy groups -OCH3 is 1. The van der Waals surface area contributed by atoms with E-state index < -0.39 is 0 Å². The number of nitrogens with one attached hydrogen (secondary N) is 1. The van der Waals surface area contributed by atoms with Gasteiger partial charge < -0.3 is 19.9 Å². The lowest BCUT2D eigenvalue weighted by atomic mass is 10.2. The zero-order valence-corrected chi connectivity index (χ0v) is 18.7. The average Bonchev–Trinajstić information content (AvgIpc) is 2.65. The Morgan fingerprint density at radius 2 is 1.92 bits per heavy atom. The second kappa shape index (κ2) is 12.5. The first-order chi connectivity index (χ1) is 11.8. The number of nitrogens with zero attached hydrogens (tertiary/aromatic N) is 3. The van der Waals surface area contributed by atoms with Crippen LogP contribution in [0.3, 0.4) is 0 Å². The molecule has 5 nitrogen and oxygen atoms in total. The summed E-state index contributed by atoms with van der Waals surface area (Å²) in [5, 5.41) is 3.50. The van der Waals surface area contributed by atoms with E-state index in [1.54, 1.807) is 7.11 Å². The molecule has 0 amide bonds. The van der Waals surface area contributed by atoms with E-state index in [1.165, 1.54) is 24.3 Å². The highest BCUT2D eigenvalue weighted by Gasteiger charge is 2.21. The maximum absolute atomic E-state index is 5.49. The third-order valence-corrected chi connectivity index (χ3v) is 4.97. The molecule has 25 heavy (non-hydrogen) atoms. The number of hydrogen-bond acceptors (Lipinski definition) is 4. The number of piperazine rings is 1. The van der Waals surface area contributed by atoms with Gasteiger partial charge in [-0.3, -0.25) is 4.99 Å². The van der Waals surface area contributed by atoms with Crippen LogP contribution in [0.5, 0.6) is 5.75 Å². The van der Waals surface area contributed by atoms with Crippen molar-refractivity contribution in [2.75, 3.05) is 63.8 Å². The zero-order chi connectivity index (χ0) is 17.2. The van der Waals surface area contributed by atoms with Gasteiger partial charge >= 0.3 is 0 Å². The van der Waals surface area contributed by atoms with Crippen LogP contribution >= 0.6 is 35.7 Å². The fourth-order valence-corrected chi connectivity index (χ4v) is 3.45. The van der Waals surface area contributed by atoms with Crippen molar-refractivity contribution in [3.05, 3.63) is 24.3 Å². The molecule has 142 valence electrons. The van der Waals surface area contributed by atoms with Crippen molar-refractivity contribution in [3.8, 4) is 5.75 Å². The highest BCUT2D eigenvalue weighted by Crippen LogP contribution is 2.28. The normalized spacial score (nSPS) is 14.9. The maximum atomic E-state index is 5.49. The molecule has 0 aromatic heterocycles. The van der Waals surface area contributed by atoms with Gasteiger partial charge in [-0.1, -0.05) is 12.1 Å². The minimum atomic E-state index is 0. The Bertz CT molecular complexity index is 522. The molecule has 0 aliphatic carbocycles. The number of anilines is 1. The smallest absolute Gasteiger partial charge is 0.193 e. The van der Waals surface area contributed by atoms with E-state index >= 15 is 0 Å². The number of benzene rings is 1. The second-order valence-corrected chi connectivity index (χ2v) is 6.81. The lowest BCUT2D eigenvalue weighted by molar-refractivity contribution is 0.367. The first-order valence-corrected chi connectivity index (χ1v) is 10.0. The molecule has 0 spiro atoms. The van der Waals surface area contributed by atoms with Crippen molar-refractivity contribution in [1.29, 1.82) is 0 Å². The van der Waals surface area contributed by atoms with Crippen LogP contribution in [0, 0.1) is 0 Å². The molecule has 0 unspecified atom stereocenters. The highest BCUT2D eigenvalue weighted by molar-refractivity contribution is 14.0. The fraction of sp³-hybridized carbons (Fsp3) is 0.611. The molecule has 1 aliphatic rings. The number of ether oxygens (including phenoxy) is 1. The zero-order valence-electron chi connectivity index (χ0n) is 15.5. The van der Waals surface area contributed by atoms with E-state index in [-0.39, 0.29) is 24.0 Å². The summed E-state index contributed by atoms with van der Waals surface area (Å²) in [6.07, 6.45) is 4.61. The summed E-state index contributed by atoms with van der Waals surface area (Å²) in [7, 11) is 3.61. The standard InChI is InChI=1S/C18H30N4OS.HI/c1-19-18(20-10-6-7-15-24-3)22-13-11-21(12-14-22)16-8-4-5-9-17(16)23-2;/h4-5,8-9H,6-7,10-15H2,1-3H3,(H,19,20);1H. The SMILES string of the molecule is CN=C(NCCCCSC)N1CCN(c2ccccc2OC)CC1.I. The van der Waals surface area contributed by atoms with Crippen molar-refractivity contribution in [2.45, 2.75) is 12.8 Å². The summed E-state index contributed by atoms with van der Waals surface area (Å²) in [5.41, 5.74) is 1.18. The van der Waals surface area contributed by atoms with E-state index in [0.29, 0.717) is 0 Å². The number of hydrogen-bond donors (Lipinski definition) is 1. The van der Waals surface area contributed by atoms with Gasteiger partial charge in [0.05, 0.1) is 12.8 Å². The van der Waals surface area contributed by atoms with Crippen molar-refractivity contribution in [3.63, 3.8) is 0 Å². The van der Waals surface area contributed by atoms with E-state index in [9.17, 15) is 0 Å². The summed E-state index contributed by atoms with van der Waals surface area (Å²) in [4.78, 5) is 9.18. The maximum Gasteiger partial charge on any atom is 0.193 e. The molecule has 0 radical (unpaired) electrons. The number of para-hydroxylation sites is 2. The summed E-state index contributed by atoms with van der Waals surface area (Å²) >= 11 is 1.91. The number of guanidine groups is 1. The van der Waals surface area contributed by atoms with Gasteiger partial charge in [0.25, 0.3) is 0 Å². The third kappa shape index (κ3) is 6.77. The van der Waals surface area contributed by atoms with Crippen molar-refractivity contribution in [2.24, 2.45) is 4.99 Å². The van der Waals surface area contributed by atoms with Crippen molar-refractivity contribution < 1.29 is 4.74 Å². The Morgan fingerprint density at radius 1 is 1.20 bits per heavy atom. The van der Waals surface area contributed by atoms with Crippen LogP contribution in [-0.4, -0.2) is 69.7 Å². The highest BCUT2D eigenvalue weighted by atomic mass is 127. The molecular weight excluding hydrogens is 447 g/mol. The van der Waals surface area contributed by atoms with Gasteiger partial charge in [-0.15, -0.1) is 24.0 Å². The lowest BCUT2D eigenvalue weighted by Gasteiger charge is -2.38. The molecule has 1 N–H and O–H groups in total. The average molecular weight is 478 g/mol. The molecular formula is C18H31IN4OS. The van der Waals surface area contributed by atoms with Crippen LogP contribution in [-0.2, 0) is 0 Å². The molecule has 1 aromatic carbocycles. The molecule has 0 bridgehead atoms. The topological polar surface area (TPSA) is 40.1 Å². The van der Waals surface area contributed by atoms with Crippen LogP contribution in [0.4, 0.5) is 5.69 Å². The quantitative estimate of drug-likeness (QED) is 0.282.